The number of nitrogens with one attached hydrogen (secondary N) is 1. The van der Waals surface area contributed by atoms with Crippen LogP contribution in [0.4, 0.5) is 0 Å². The quantitative estimate of drug-likeness (QED) is 0.735. The summed E-state index contributed by atoms with van der Waals surface area (Å²) in [4.78, 5) is -0.155. The first-order valence-electron chi connectivity index (χ1n) is 5.81. The standard InChI is InChI=1S/C11H18N2O5S2/c1-9(7-8-18-2)13-20(16,17)11-5-3-10(4-6-11)19(12,14)15/h3-6,9,13H,7-8H2,1-2H3,(H2,12,14,15). The molecule has 0 fully saturated rings. The number of hydrogen-bond acceptors (Lipinski definition) is 5. The van der Waals surface area contributed by atoms with Gasteiger partial charge >= 0.3 is 0 Å². The van der Waals surface area contributed by atoms with Crippen molar-refractivity contribution >= 4 is 20.0 Å². The minimum Gasteiger partial charge on any atom is -0.385 e. The number of ether oxygens (including phenoxy) is 1. The Bertz CT molecular complexity index is 638. The number of nitrogens with two attached hydrogens (primary N) is 1. The van der Waals surface area contributed by atoms with Crippen LogP contribution < -0.4 is 9.86 Å². The SMILES string of the molecule is COCCC(C)NS(=O)(=O)c1ccc(S(N)(=O)=O)cc1. The van der Waals surface area contributed by atoms with Gasteiger partial charge in [0.25, 0.3) is 0 Å². The first-order chi connectivity index (χ1) is 9.16. The molecule has 0 aliphatic rings. The van der Waals surface area contributed by atoms with Gasteiger partial charge in [0, 0.05) is 19.8 Å². The molecule has 0 bridgehead atoms. The van der Waals surface area contributed by atoms with E-state index in [1.54, 1.807) is 6.92 Å². The third-order valence-corrected chi connectivity index (χ3v) is 5.11. The van der Waals surface area contributed by atoms with Gasteiger partial charge in [-0.05, 0) is 37.6 Å². The highest BCUT2D eigenvalue weighted by Gasteiger charge is 2.18. The minimum absolute atomic E-state index is 0.0193. The van der Waals surface area contributed by atoms with Gasteiger partial charge < -0.3 is 4.74 Å². The zero-order valence-electron chi connectivity index (χ0n) is 11.2. The fourth-order valence-corrected chi connectivity index (χ4v) is 3.29. The summed E-state index contributed by atoms with van der Waals surface area (Å²) in [6, 6.07) is 4.42. The van der Waals surface area contributed by atoms with Crippen LogP contribution in [0, 0.1) is 0 Å². The Labute approximate surface area is 119 Å². The van der Waals surface area contributed by atoms with Crippen molar-refractivity contribution in [3.63, 3.8) is 0 Å². The number of sulfonamides is 2. The molecule has 0 heterocycles. The Hall–Kier alpha value is -1.00. The lowest BCUT2D eigenvalue weighted by Crippen LogP contribution is -2.33. The van der Waals surface area contributed by atoms with Gasteiger partial charge in [-0.15, -0.1) is 0 Å². The van der Waals surface area contributed by atoms with Crippen molar-refractivity contribution in [3.05, 3.63) is 24.3 Å². The predicted octanol–water partition coefficient (Wildman–Crippen LogP) is 0.0373. The third kappa shape index (κ3) is 4.84. The molecule has 1 atom stereocenters. The van der Waals surface area contributed by atoms with Crippen LogP contribution in [0.1, 0.15) is 13.3 Å². The molecule has 1 aromatic carbocycles. The zero-order chi connectivity index (χ0) is 15.4. The fourth-order valence-electron chi connectivity index (χ4n) is 1.49. The van der Waals surface area contributed by atoms with Gasteiger partial charge in [0.15, 0.2) is 0 Å². The van der Waals surface area contributed by atoms with Crippen LogP contribution in [0.25, 0.3) is 0 Å². The highest BCUT2D eigenvalue weighted by Crippen LogP contribution is 2.14. The van der Waals surface area contributed by atoms with Crippen LogP contribution in [0.2, 0.25) is 0 Å². The van der Waals surface area contributed by atoms with Crippen LogP contribution in [0.3, 0.4) is 0 Å². The normalized spacial score (nSPS) is 14.2. The molecule has 0 amide bonds. The van der Waals surface area contributed by atoms with Crippen molar-refractivity contribution < 1.29 is 21.6 Å². The summed E-state index contributed by atoms with van der Waals surface area (Å²) >= 11 is 0. The number of hydrogen-bond donors (Lipinski definition) is 2. The summed E-state index contributed by atoms with van der Waals surface area (Å²) < 4.78 is 53.6. The van der Waals surface area contributed by atoms with Crippen LogP contribution in [0.5, 0.6) is 0 Å². The van der Waals surface area contributed by atoms with E-state index in [-0.39, 0.29) is 15.8 Å². The van der Waals surface area contributed by atoms with Crippen molar-refractivity contribution in [1.29, 1.82) is 0 Å². The summed E-state index contributed by atoms with van der Waals surface area (Å²) in [6.45, 7) is 2.16. The van der Waals surface area contributed by atoms with Crippen molar-refractivity contribution in [1.82, 2.24) is 4.72 Å². The number of rotatable bonds is 7. The second kappa shape index (κ2) is 6.64. The molecule has 20 heavy (non-hydrogen) atoms. The Kier molecular flexibility index (Phi) is 5.66. The molecule has 114 valence electrons. The molecular weight excluding hydrogens is 304 g/mol. The maximum Gasteiger partial charge on any atom is 0.240 e. The lowest BCUT2D eigenvalue weighted by molar-refractivity contribution is 0.188. The summed E-state index contributed by atoms with van der Waals surface area (Å²) in [5.41, 5.74) is 0. The van der Waals surface area contributed by atoms with Gasteiger partial charge in [-0.1, -0.05) is 0 Å². The number of primary sulfonamides is 1. The molecule has 9 heteroatoms. The Morgan fingerprint density at radius 3 is 2.10 bits per heavy atom. The molecule has 0 spiro atoms. The molecule has 1 unspecified atom stereocenters. The predicted molar refractivity (Wildman–Crippen MR) is 74.1 cm³/mol. The molecule has 1 rings (SSSR count). The Morgan fingerprint density at radius 2 is 1.65 bits per heavy atom. The van der Waals surface area contributed by atoms with E-state index >= 15 is 0 Å². The van der Waals surface area contributed by atoms with E-state index in [4.69, 9.17) is 9.88 Å². The van der Waals surface area contributed by atoms with E-state index in [0.717, 1.165) is 12.1 Å². The Morgan fingerprint density at radius 1 is 1.15 bits per heavy atom. The second-order valence-corrected chi connectivity index (χ2v) is 7.60. The second-order valence-electron chi connectivity index (χ2n) is 4.32. The smallest absolute Gasteiger partial charge is 0.240 e. The summed E-state index contributed by atoms with van der Waals surface area (Å²) in [5.74, 6) is 0. The van der Waals surface area contributed by atoms with E-state index in [1.807, 2.05) is 0 Å². The van der Waals surface area contributed by atoms with Crippen molar-refractivity contribution in [2.75, 3.05) is 13.7 Å². The van der Waals surface area contributed by atoms with Gasteiger partial charge in [0.05, 0.1) is 9.79 Å². The molecule has 0 aromatic heterocycles. The Balaban J connectivity index is 2.88. The number of methoxy groups -OCH3 is 1. The van der Waals surface area contributed by atoms with E-state index in [9.17, 15) is 16.8 Å². The van der Waals surface area contributed by atoms with E-state index < -0.39 is 20.0 Å². The van der Waals surface area contributed by atoms with Gasteiger partial charge in [-0.3, -0.25) is 0 Å². The lowest BCUT2D eigenvalue weighted by Gasteiger charge is -2.13. The maximum absolute atomic E-state index is 12.0. The zero-order valence-corrected chi connectivity index (χ0v) is 12.9. The van der Waals surface area contributed by atoms with Crippen LogP contribution >= 0.6 is 0 Å². The van der Waals surface area contributed by atoms with E-state index in [2.05, 4.69) is 4.72 Å². The topological polar surface area (TPSA) is 116 Å². The van der Waals surface area contributed by atoms with Crippen molar-refractivity contribution in [2.45, 2.75) is 29.2 Å². The summed E-state index contributed by atoms with van der Waals surface area (Å²) in [5, 5.41) is 4.94. The molecule has 0 saturated carbocycles. The van der Waals surface area contributed by atoms with Crippen LogP contribution in [-0.4, -0.2) is 36.6 Å². The van der Waals surface area contributed by atoms with E-state index in [0.29, 0.717) is 13.0 Å². The average Bonchev–Trinajstić information content (AvgIpc) is 2.35. The molecule has 0 radical (unpaired) electrons. The third-order valence-electron chi connectivity index (χ3n) is 2.57. The largest absolute Gasteiger partial charge is 0.385 e. The first-order valence-corrected chi connectivity index (χ1v) is 8.84. The highest BCUT2D eigenvalue weighted by molar-refractivity contribution is 7.89. The van der Waals surface area contributed by atoms with E-state index in [1.165, 1.54) is 19.2 Å². The lowest BCUT2D eigenvalue weighted by atomic mass is 10.3. The van der Waals surface area contributed by atoms with Gasteiger partial charge in [0.1, 0.15) is 0 Å². The maximum atomic E-state index is 12.0. The van der Waals surface area contributed by atoms with Gasteiger partial charge in [-0.2, -0.15) is 0 Å². The summed E-state index contributed by atoms with van der Waals surface area (Å²) in [6.07, 6.45) is 0.533. The van der Waals surface area contributed by atoms with Gasteiger partial charge in [0.2, 0.25) is 20.0 Å². The molecule has 3 N–H and O–H groups in total. The van der Waals surface area contributed by atoms with Gasteiger partial charge in [-0.25, -0.2) is 26.7 Å². The molecule has 0 aliphatic carbocycles. The van der Waals surface area contributed by atoms with Crippen molar-refractivity contribution in [2.24, 2.45) is 5.14 Å². The minimum atomic E-state index is -3.83. The number of benzene rings is 1. The molecule has 7 nitrogen and oxygen atoms in total. The highest BCUT2D eigenvalue weighted by atomic mass is 32.2. The molecule has 1 aromatic rings. The summed E-state index contributed by atoms with van der Waals surface area (Å²) in [7, 11) is -5.99. The molecule has 0 saturated heterocycles. The van der Waals surface area contributed by atoms with Crippen molar-refractivity contribution in [3.8, 4) is 0 Å². The van der Waals surface area contributed by atoms with Crippen LogP contribution in [0.15, 0.2) is 34.1 Å². The average molecular weight is 322 g/mol. The fraction of sp³-hybridized carbons (Fsp3) is 0.455. The monoisotopic (exact) mass is 322 g/mol. The van der Waals surface area contributed by atoms with Crippen LogP contribution in [-0.2, 0) is 24.8 Å². The molecular formula is C11H18N2O5S2. The first kappa shape index (κ1) is 17.1. The molecule has 0 aliphatic heterocycles.